The van der Waals surface area contributed by atoms with Gasteiger partial charge >= 0.3 is 0 Å². The lowest BCUT2D eigenvalue weighted by Crippen LogP contribution is -2.37. The van der Waals surface area contributed by atoms with Gasteiger partial charge in [0.05, 0.1) is 33.8 Å². The molecule has 0 saturated carbocycles. The molecule has 1 aliphatic rings. The Balaban J connectivity index is 2.05. The zero-order valence-electron chi connectivity index (χ0n) is 20.2. The van der Waals surface area contributed by atoms with E-state index in [9.17, 15) is 9.59 Å². The maximum atomic E-state index is 13.4. The van der Waals surface area contributed by atoms with E-state index in [4.69, 9.17) is 14.2 Å². The molecule has 2 aromatic rings. The number of methoxy groups -OCH3 is 3. The molecule has 7 heteroatoms. The molecule has 1 heterocycles. The van der Waals surface area contributed by atoms with E-state index < -0.39 is 6.04 Å². The Morgan fingerprint density at radius 3 is 2.12 bits per heavy atom. The zero-order valence-corrected chi connectivity index (χ0v) is 20.2. The van der Waals surface area contributed by atoms with Crippen LogP contribution < -0.4 is 14.2 Å². The number of hydrogen-bond donors (Lipinski definition) is 0. The van der Waals surface area contributed by atoms with Crippen molar-refractivity contribution in [2.75, 3.05) is 34.4 Å². The third-order valence-electron chi connectivity index (χ3n) is 6.01. The molecule has 1 atom stereocenters. The SMILES string of the molecule is CCCN(CCC)C(=O)CC(c1cc(OC)c(OC)c(OC)c1)N1Cc2ccccc2C1=O. The van der Waals surface area contributed by atoms with Crippen LogP contribution in [-0.4, -0.2) is 56.0 Å². The lowest BCUT2D eigenvalue weighted by atomic mass is 9.99. The highest BCUT2D eigenvalue weighted by atomic mass is 16.5. The molecule has 0 saturated heterocycles. The van der Waals surface area contributed by atoms with Crippen LogP contribution in [0, 0.1) is 0 Å². The van der Waals surface area contributed by atoms with E-state index in [0.29, 0.717) is 42.4 Å². The average molecular weight is 455 g/mol. The molecule has 3 rings (SSSR count). The summed E-state index contributed by atoms with van der Waals surface area (Å²) in [7, 11) is 4.67. The summed E-state index contributed by atoms with van der Waals surface area (Å²) in [6.07, 6.45) is 1.95. The fraction of sp³-hybridized carbons (Fsp3) is 0.462. The first kappa shape index (κ1) is 24.4. The smallest absolute Gasteiger partial charge is 0.255 e. The molecule has 33 heavy (non-hydrogen) atoms. The summed E-state index contributed by atoms with van der Waals surface area (Å²) in [6.45, 7) is 5.97. The summed E-state index contributed by atoms with van der Waals surface area (Å²) in [5.41, 5.74) is 2.42. The number of benzene rings is 2. The molecule has 0 radical (unpaired) electrons. The van der Waals surface area contributed by atoms with Gasteiger partial charge in [0, 0.05) is 25.2 Å². The van der Waals surface area contributed by atoms with Gasteiger partial charge in [0.2, 0.25) is 11.7 Å². The minimum absolute atomic E-state index is 0.0289. The second-order valence-corrected chi connectivity index (χ2v) is 8.15. The lowest BCUT2D eigenvalue weighted by Gasteiger charge is -2.31. The maximum absolute atomic E-state index is 13.4. The van der Waals surface area contributed by atoms with Gasteiger partial charge in [-0.25, -0.2) is 0 Å². The Morgan fingerprint density at radius 1 is 1.00 bits per heavy atom. The van der Waals surface area contributed by atoms with E-state index in [1.165, 1.54) is 0 Å². The van der Waals surface area contributed by atoms with E-state index in [1.54, 1.807) is 26.2 Å². The lowest BCUT2D eigenvalue weighted by molar-refractivity contribution is -0.132. The number of amides is 2. The summed E-state index contributed by atoms with van der Waals surface area (Å²) < 4.78 is 16.6. The molecule has 1 aliphatic heterocycles. The van der Waals surface area contributed by atoms with Crippen LogP contribution in [0.25, 0.3) is 0 Å². The monoisotopic (exact) mass is 454 g/mol. The van der Waals surface area contributed by atoms with Crippen LogP contribution in [0.4, 0.5) is 0 Å². The van der Waals surface area contributed by atoms with Crippen molar-refractivity contribution in [3.05, 3.63) is 53.1 Å². The van der Waals surface area contributed by atoms with Crippen molar-refractivity contribution in [2.24, 2.45) is 0 Å². The number of rotatable bonds is 11. The van der Waals surface area contributed by atoms with Gasteiger partial charge in [-0.1, -0.05) is 32.0 Å². The van der Waals surface area contributed by atoms with Gasteiger partial charge in [0.1, 0.15) is 0 Å². The predicted molar refractivity (Wildman–Crippen MR) is 127 cm³/mol. The third kappa shape index (κ3) is 5.07. The number of fused-ring (bicyclic) bond motifs is 1. The molecule has 0 aliphatic carbocycles. The minimum Gasteiger partial charge on any atom is -0.493 e. The average Bonchev–Trinajstić information content (AvgIpc) is 3.17. The Morgan fingerprint density at radius 2 is 1.61 bits per heavy atom. The van der Waals surface area contributed by atoms with E-state index >= 15 is 0 Å². The van der Waals surface area contributed by atoms with E-state index in [2.05, 4.69) is 13.8 Å². The van der Waals surface area contributed by atoms with Crippen molar-refractivity contribution in [2.45, 2.75) is 45.7 Å². The van der Waals surface area contributed by atoms with Crippen molar-refractivity contribution < 1.29 is 23.8 Å². The van der Waals surface area contributed by atoms with Crippen molar-refractivity contribution in [3.8, 4) is 17.2 Å². The van der Waals surface area contributed by atoms with Crippen LogP contribution in [0.15, 0.2) is 36.4 Å². The number of hydrogen-bond acceptors (Lipinski definition) is 5. The Bertz CT molecular complexity index is 959. The van der Waals surface area contributed by atoms with Gasteiger partial charge in [-0.05, 0) is 42.2 Å². The number of nitrogens with zero attached hydrogens (tertiary/aromatic N) is 2. The molecule has 2 amide bonds. The topological polar surface area (TPSA) is 68.3 Å². The number of carbonyl (C=O) groups excluding carboxylic acids is 2. The first-order valence-electron chi connectivity index (χ1n) is 11.4. The molecule has 0 fully saturated rings. The van der Waals surface area contributed by atoms with Gasteiger partial charge in [-0.2, -0.15) is 0 Å². The number of ether oxygens (including phenoxy) is 3. The first-order chi connectivity index (χ1) is 16.0. The zero-order chi connectivity index (χ0) is 24.0. The number of carbonyl (C=O) groups is 2. The van der Waals surface area contributed by atoms with Crippen LogP contribution >= 0.6 is 0 Å². The molecular formula is C26H34N2O5. The molecular weight excluding hydrogens is 420 g/mol. The Labute approximate surface area is 196 Å². The van der Waals surface area contributed by atoms with Crippen LogP contribution in [0.1, 0.15) is 60.6 Å². The molecule has 7 nitrogen and oxygen atoms in total. The molecule has 2 aromatic carbocycles. The summed E-state index contributed by atoms with van der Waals surface area (Å²) in [4.78, 5) is 30.4. The fourth-order valence-corrected chi connectivity index (χ4v) is 4.43. The normalized spacial score (nSPS) is 13.5. The van der Waals surface area contributed by atoms with Gasteiger partial charge < -0.3 is 24.0 Å². The van der Waals surface area contributed by atoms with Crippen molar-refractivity contribution in [1.82, 2.24) is 9.80 Å². The second-order valence-electron chi connectivity index (χ2n) is 8.15. The van der Waals surface area contributed by atoms with E-state index in [-0.39, 0.29) is 18.2 Å². The summed E-state index contributed by atoms with van der Waals surface area (Å²) in [5.74, 6) is 1.42. The maximum Gasteiger partial charge on any atom is 0.255 e. The van der Waals surface area contributed by atoms with Gasteiger partial charge in [-0.3, -0.25) is 9.59 Å². The van der Waals surface area contributed by atoms with Gasteiger partial charge in [0.25, 0.3) is 5.91 Å². The van der Waals surface area contributed by atoms with Gasteiger partial charge in [-0.15, -0.1) is 0 Å². The minimum atomic E-state index is -0.470. The van der Waals surface area contributed by atoms with Crippen LogP contribution in [0.5, 0.6) is 17.2 Å². The van der Waals surface area contributed by atoms with E-state index in [1.807, 2.05) is 41.3 Å². The molecule has 178 valence electrons. The summed E-state index contributed by atoms with van der Waals surface area (Å²) in [6, 6.07) is 10.8. The molecule has 0 aromatic heterocycles. The second kappa shape index (κ2) is 11.1. The van der Waals surface area contributed by atoms with Crippen molar-refractivity contribution in [3.63, 3.8) is 0 Å². The standard InChI is InChI=1S/C26H34N2O5/c1-6-12-27(13-7-2)24(29)16-21(28-17-18-10-8-9-11-20(18)26(28)30)19-14-22(31-3)25(33-5)23(15-19)32-4/h8-11,14-15,21H,6-7,12-13,16-17H2,1-5H3. The highest BCUT2D eigenvalue weighted by molar-refractivity contribution is 5.99. The predicted octanol–water partition coefficient (Wildman–Crippen LogP) is 4.45. The van der Waals surface area contributed by atoms with Crippen LogP contribution in [-0.2, 0) is 11.3 Å². The molecule has 0 N–H and O–H groups in total. The Hall–Kier alpha value is -3.22. The van der Waals surface area contributed by atoms with Crippen molar-refractivity contribution in [1.29, 1.82) is 0 Å². The van der Waals surface area contributed by atoms with Crippen molar-refractivity contribution >= 4 is 11.8 Å². The third-order valence-corrected chi connectivity index (χ3v) is 6.01. The fourth-order valence-electron chi connectivity index (χ4n) is 4.43. The summed E-state index contributed by atoms with van der Waals surface area (Å²) in [5, 5.41) is 0. The highest BCUT2D eigenvalue weighted by Gasteiger charge is 2.36. The van der Waals surface area contributed by atoms with E-state index in [0.717, 1.165) is 24.0 Å². The van der Waals surface area contributed by atoms with Crippen LogP contribution in [0.3, 0.4) is 0 Å². The molecule has 0 bridgehead atoms. The quantitative estimate of drug-likeness (QED) is 0.502. The van der Waals surface area contributed by atoms with Crippen LogP contribution in [0.2, 0.25) is 0 Å². The first-order valence-corrected chi connectivity index (χ1v) is 11.4. The Kier molecular flexibility index (Phi) is 8.20. The highest BCUT2D eigenvalue weighted by Crippen LogP contribution is 2.43. The molecule has 0 spiro atoms. The summed E-state index contributed by atoms with van der Waals surface area (Å²) >= 11 is 0. The van der Waals surface area contributed by atoms with Gasteiger partial charge in [0.15, 0.2) is 11.5 Å². The largest absolute Gasteiger partial charge is 0.493 e. The molecule has 1 unspecified atom stereocenters.